The van der Waals surface area contributed by atoms with Crippen molar-refractivity contribution in [2.45, 2.75) is 12.6 Å². The molecule has 0 bridgehead atoms. The zero-order valence-electron chi connectivity index (χ0n) is 16.9. The summed E-state index contributed by atoms with van der Waals surface area (Å²) in [5, 5.41) is 3.45. The van der Waals surface area contributed by atoms with E-state index in [4.69, 9.17) is 9.47 Å². The van der Waals surface area contributed by atoms with Crippen molar-refractivity contribution in [1.29, 1.82) is 0 Å². The molecule has 3 aromatic carbocycles. The van der Waals surface area contributed by atoms with E-state index in [1.54, 1.807) is 7.11 Å². The van der Waals surface area contributed by atoms with Gasteiger partial charge in [-0.2, -0.15) is 0 Å². The van der Waals surface area contributed by atoms with E-state index in [-0.39, 0.29) is 6.04 Å². The molecule has 0 spiro atoms. The summed E-state index contributed by atoms with van der Waals surface area (Å²) in [6, 6.07) is 27.3. The normalized spacial score (nSPS) is 15.6. The molecule has 1 saturated heterocycles. The van der Waals surface area contributed by atoms with Crippen LogP contribution in [0.2, 0.25) is 0 Å². The first-order valence-electron chi connectivity index (χ1n) is 10.2. The Labute approximate surface area is 173 Å². The average Bonchev–Trinajstić information content (AvgIpc) is 2.80. The van der Waals surface area contributed by atoms with E-state index in [2.05, 4.69) is 58.7 Å². The Morgan fingerprint density at radius 2 is 1.48 bits per heavy atom. The quantitative estimate of drug-likeness (QED) is 0.655. The van der Waals surface area contributed by atoms with Crippen LogP contribution in [0, 0.1) is 0 Å². The number of nitrogens with one attached hydrogen (secondary N) is 1. The highest BCUT2D eigenvalue weighted by Crippen LogP contribution is 2.32. The maximum atomic E-state index is 6.10. The lowest BCUT2D eigenvalue weighted by molar-refractivity contribution is 0.197. The van der Waals surface area contributed by atoms with Crippen LogP contribution in [0.25, 0.3) is 0 Å². The highest BCUT2D eigenvalue weighted by molar-refractivity contribution is 5.40. The van der Waals surface area contributed by atoms with E-state index >= 15 is 0 Å². The second-order valence-corrected chi connectivity index (χ2v) is 7.31. The summed E-state index contributed by atoms with van der Waals surface area (Å²) in [7, 11) is 1.72. The van der Waals surface area contributed by atoms with Crippen molar-refractivity contribution in [3.8, 4) is 11.5 Å². The lowest BCUT2D eigenvalue weighted by atomic mass is 9.96. The van der Waals surface area contributed by atoms with Crippen molar-refractivity contribution in [2.75, 3.05) is 33.3 Å². The minimum atomic E-state index is 0.174. The summed E-state index contributed by atoms with van der Waals surface area (Å²) in [6.07, 6.45) is 0. The third-order valence-corrected chi connectivity index (χ3v) is 5.35. The number of nitrogens with zero attached hydrogens (tertiary/aromatic N) is 1. The topological polar surface area (TPSA) is 33.7 Å². The predicted molar refractivity (Wildman–Crippen MR) is 116 cm³/mol. The van der Waals surface area contributed by atoms with E-state index < -0.39 is 0 Å². The molecule has 0 amide bonds. The number of hydrogen-bond donors (Lipinski definition) is 1. The SMILES string of the molecule is COc1cccc(C(c2cccc(OCc3ccccc3)c2)N2CCNCC2)c1. The van der Waals surface area contributed by atoms with Gasteiger partial charge >= 0.3 is 0 Å². The van der Waals surface area contributed by atoms with E-state index in [0.29, 0.717) is 6.61 Å². The van der Waals surface area contributed by atoms with Gasteiger partial charge in [-0.25, -0.2) is 0 Å². The van der Waals surface area contributed by atoms with E-state index in [1.165, 1.54) is 16.7 Å². The highest BCUT2D eigenvalue weighted by atomic mass is 16.5. The molecule has 0 aliphatic carbocycles. The summed E-state index contributed by atoms with van der Waals surface area (Å²) in [5.74, 6) is 1.79. The molecule has 1 atom stereocenters. The van der Waals surface area contributed by atoms with Crippen molar-refractivity contribution in [3.05, 3.63) is 95.6 Å². The Morgan fingerprint density at radius 1 is 0.828 bits per heavy atom. The van der Waals surface area contributed by atoms with Crippen LogP contribution in [-0.4, -0.2) is 38.2 Å². The fourth-order valence-electron chi connectivity index (χ4n) is 3.88. The van der Waals surface area contributed by atoms with Gasteiger partial charge in [-0.1, -0.05) is 54.6 Å². The van der Waals surface area contributed by atoms with E-state index in [1.807, 2.05) is 30.3 Å². The second-order valence-electron chi connectivity index (χ2n) is 7.31. The van der Waals surface area contributed by atoms with Gasteiger partial charge in [0.1, 0.15) is 18.1 Å². The van der Waals surface area contributed by atoms with Crippen molar-refractivity contribution < 1.29 is 9.47 Å². The van der Waals surface area contributed by atoms with Gasteiger partial charge in [0.15, 0.2) is 0 Å². The number of ether oxygens (including phenoxy) is 2. The first kappa shape index (κ1) is 19.5. The molecule has 1 fully saturated rings. The zero-order chi connectivity index (χ0) is 19.9. The summed E-state index contributed by atoms with van der Waals surface area (Å²) in [5.41, 5.74) is 3.65. The molecular formula is C25H28N2O2. The van der Waals surface area contributed by atoms with Crippen LogP contribution in [0.3, 0.4) is 0 Å². The van der Waals surface area contributed by atoms with Gasteiger partial charge < -0.3 is 14.8 Å². The van der Waals surface area contributed by atoms with Crippen LogP contribution in [0.5, 0.6) is 11.5 Å². The molecule has 1 heterocycles. The molecule has 1 aliphatic heterocycles. The monoisotopic (exact) mass is 388 g/mol. The van der Waals surface area contributed by atoms with Crippen LogP contribution in [-0.2, 0) is 6.61 Å². The minimum absolute atomic E-state index is 0.174. The summed E-state index contributed by atoms with van der Waals surface area (Å²) >= 11 is 0. The number of hydrogen-bond acceptors (Lipinski definition) is 4. The maximum absolute atomic E-state index is 6.10. The van der Waals surface area contributed by atoms with E-state index in [9.17, 15) is 0 Å². The number of benzene rings is 3. The first-order chi connectivity index (χ1) is 14.3. The van der Waals surface area contributed by atoms with E-state index in [0.717, 1.165) is 37.7 Å². The molecule has 1 unspecified atom stereocenters. The second kappa shape index (κ2) is 9.59. The Bertz CT molecular complexity index is 907. The van der Waals surface area contributed by atoms with Crippen LogP contribution in [0.4, 0.5) is 0 Å². The van der Waals surface area contributed by atoms with Crippen molar-refractivity contribution in [2.24, 2.45) is 0 Å². The molecule has 150 valence electrons. The predicted octanol–water partition coefficient (Wildman–Crippen LogP) is 4.27. The Hall–Kier alpha value is -2.82. The van der Waals surface area contributed by atoms with Gasteiger partial charge in [-0.15, -0.1) is 0 Å². The van der Waals surface area contributed by atoms with Crippen LogP contribution in [0.1, 0.15) is 22.7 Å². The fourth-order valence-corrected chi connectivity index (χ4v) is 3.88. The van der Waals surface area contributed by atoms with Crippen molar-refractivity contribution in [3.63, 3.8) is 0 Å². The molecule has 4 heteroatoms. The standard InChI is InChI=1S/C25H28N2O2/c1-28-23-11-5-9-21(17-23)25(27-15-13-26-14-16-27)22-10-6-12-24(18-22)29-19-20-7-3-2-4-8-20/h2-12,17-18,25-26H,13-16,19H2,1H3. The molecule has 4 nitrogen and oxygen atoms in total. The average molecular weight is 389 g/mol. The molecule has 29 heavy (non-hydrogen) atoms. The third kappa shape index (κ3) is 4.97. The summed E-state index contributed by atoms with van der Waals surface area (Å²) in [4.78, 5) is 2.53. The van der Waals surface area contributed by atoms with Gasteiger partial charge in [-0.05, 0) is 41.0 Å². The van der Waals surface area contributed by atoms with Gasteiger partial charge in [0.25, 0.3) is 0 Å². The Balaban J connectivity index is 1.61. The Kier molecular flexibility index (Phi) is 6.45. The summed E-state index contributed by atoms with van der Waals surface area (Å²) in [6.45, 7) is 4.60. The zero-order valence-corrected chi connectivity index (χ0v) is 16.9. The smallest absolute Gasteiger partial charge is 0.120 e. The van der Waals surface area contributed by atoms with Crippen LogP contribution >= 0.6 is 0 Å². The molecule has 1 N–H and O–H groups in total. The summed E-state index contributed by atoms with van der Waals surface area (Å²) < 4.78 is 11.6. The molecule has 1 aliphatic rings. The van der Waals surface area contributed by atoms with Gasteiger partial charge in [0.2, 0.25) is 0 Å². The molecular weight excluding hydrogens is 360 g/mol. The van der Waals surface area contributed by atoms with Gasteiger partial charge in [0, 0.05) is 26.2 Å². The van der Waals surface area contributed by atoms with Gasteiger partial charge in [-0.3, -0.25) is 4.90 Å². The molecule has 4 rings (SSSR count). The largest absolute Gasteiger partial charge is 0.497 e. The highest BCUT2D eigenvalue weighted by Gasteiger charge is 2.24. The minimum Gasteiger partial charge on any atom is -0.497 e. The maximum Gasteiger partial charge on any atom is 0.120 e. The molecule has 0 radical (unpaired) electrons. The lowest BCUT2D eigenvalue weighted by Crippen LogP contribution is -2.45. The van der Waals surface area contributed by atoms with Crippen molar-refractivity contribution >= 4 is 0 Å². The lowest BCUT2D eigenvalue weighted by Gasteiger charge is -2.35. The molecule has 0 saturated carbocycles. The van der Waals surface area contributed by atoms with Crippen molar-refractivity contribution in [1.82, 2.24) is 10.2 Å². The van der Waals surface area contributed by atoms with Crippen LogP contribution < -0.4 is 14.8 Å². The third-order valence-electron chi connectivity index (χ3n) is 5.35. The van der Waals surface area contributed by atoms with Gasteiger partial charge in [0.05, 0.1) is 13.2 Å². The first-order valence-corrected chi connectivity index (χ1v) is 10.2. The number of methoxy groups -OCH3 is 1. The molecule has 0 aromatic heterocycles. The molecule has 3 aromatic rings. The number of piperazine rings is 1. The Morgan fingerprint density at radius 3 is 2.17 bits per heavy atom. The van der Waals surface area contributed by atoms with Crippen LogP contribution in [0.15, 0.2) is 78.9 Å². The number of rotatable bonds is 7. The fraction of sp³-hybridized carbons (Fsp3) is 0.280.